The zero-order valence-electron chi connectivity index (χ0n) is 11.6. The van der Waals surface area contributed by atoms with Gasteiger partial charge in [0.05, 0.1) is 0 Å². The van der Waals surface area contributed by atoms with Crippen molar-refractivity contribution in [1.29, 1.82) is 0 Å². The first-order valence-electron chi connectivity index (χ1n) is 6.55. The third-order valence-electron chi connectivity index (χ3n) is 3.07. The van der Waals surface area contributed by atoms with Gasteiger partial charge in [0.15, 0.2) is 0 Å². The number of piperidine rings is 1. The lowest BCUT2D eigenvalue weighted by Gasteiger charge is -2.32. The standard InChI is InChI=1S/C13H26N2O2/c1-13(2,3)17-12(16)14-9-8-11-7-5-6-10-15(11)4/h11H,5-10H2,1-4H3,(H,14,16). The zero-order chi connectivity index (χ0) is 12.9. The topological polar surface area (TPSA) is 41.6 Å². The fourth-order valence-corrected chi connectivity index (χ4v) is 2.16. The normalized spacial score (nSPS) is 22.2. The van der Waals surface area contributed by atoms with Gasteiger partial charge in [-0.25, -0.2) is 4.79 Å². The molecule has 0 aromatic carbocycles. The molecule has 4 nitrogen and oxygen atoms in total. The first-order chi connectivity index (χ1) is 7.88. The molecule has 17 heavy (non-hydrogen) atoms. The molecule has 1 N–H and O–H groups in total. The van der Waals surface area contributed by atoms with Crippen molar-refractivity contribution < 1.29 is 9.53 Å². The lowest BCUT2D eigenvalue weighted by molar-refractivity contribution is 0.0520. The van der Waals surface area contributed by atoms with Crippen LogP contribution in [0, 0.1) is 0 Å². The van der Waals surface area contributed by atoms with Crippen LogP contribution >= 0.6 is 0 Å². The van der Waals surface area contributed by atoms with Crippen molar-refractivity contribution in [2.75, 3.05) is 20.1 Å². The Hall–Kier alpha value is -0.770. The Bertz CT molecular complexity index is 248. The summed E-state index contributed by atoms with van der Waals surface area (Å²) < 4.78 is 5.19. The Morgan fingerprint density at radius 1 is 1.41 bits per heavy atom. The predicted molar refractivity (Wildman–Crippen MR) is 69.1 cm³/mol. The molecular formula is C13H26N2O2. The third kappa shape index (κ3) is 5.91. The number of nitrogens with one attached hydrogen (secondary N) is 1. The van der Waals surface area contributed by atoms with Gasteiger partial charge in [-0.1, -0.05) is 6.42 Å². The van der Waals surface area contributed by atoms with E-state index in [9.17, 15) is 4.79 Å². The second-order valence-electron chi connectivity index (χ2n) is 5.85. The van der Waals surface area contributed by atoms with Crippen LogP contribution in [0.25, 0.3) is 0 Å². The van der Waals surface area contributed by atoms with E-state index in [1.54, 1.807) is 0 Å². The molecule has 1 atom stereocenters. The molecule has 0 bridgehead atoms. The number of likely N-dealkylation sites (tertiary alicyclic amines) is 1. The second-order valence-corrected chi connectivity index (χ2v) is 5.85. The van der Waals surface area contributed by atoms with Crippen molar-refractivity contribution in [3.8, 4) is 0 Å². The Balaban J connectivity index is 2.16. The van der Waals surface area contributed by atoms with E-state index in [1.807, 2.05) is 20.8 Å². The second kappa shape index (κ2) is 6.24. The Morgan fingerprint density at radius 2 is 2.12 bits per heavy atom. The average Bonchev–Trinajstić information content (AvgIpc) is 2.18. The minimum absolute atomic E-state index is 0.309. The number of rotatable bonds is 3. The Morgan fingerprint density at radius 3 is 2.71 bits per heavy atom. The number of amides is 1. The van der Waals surface area contributed by atoms with Crippen LogP contribution in [0.15, 0.2) is 0 Å². The molecule has 1 unspecified atom stereocenters. The van der Waals surface area contributed by atoms with E-state index in [0.717, 1.165) is 6.42 Å². The third-order valence-corrected chi connectivity index (χ3v) is 3.07. The molecule has 0 aromatic rings. The maximum absolute atomic E-state index is 11.4. The van der Waals surface area contributed by atoms with E-state index in [4.69, 9.17) is 4.74 Å². The van der Waals surface area contributed by atoms with E-state index < -0.39 is 5.60 Å². The molecule has 1 saturated heterocycles. The Kier molecular flexibility index (Phi) is 5.25. The molecule has 1 rings (SSSR count). The fraction of sp³-hybridized carbons (Fsp3) is 0.923. The van der Waals surface area contributed by atoms with Gasteiger partial charge in [0.1, 0.15) is 5.60 Å². The summed E-state index contributed by atoms with van der Waals surface area (Å²) in [6, 6.07) is 0.610. The maximum atomic E-state index is 11.4. The molecule has 1 aliphatic rings. The smallest absolute Gasteiger partial charge is 0.407 e. The summed E-state index contributed by atoms with van der Waals surface area (Å²) in [5.41, 5.74) is -0.411. The van der Waals surface area contributed by atoms with Crippen LogP contribution in [0.1, 0.15) is 46.5 Å². The predicted octanol–water partition coefficient (Wildman–Crippen LogP) is 2.39. The van der Waals surface area contributed by atoms with Gasteiger partial charge in [-0.3, -0.25) is 0 Å². The minimum atomic E-state index is -0.411. The van der Waals surface area contributed by atoms with Crippen LogP contribution in [0.4, 0.5) is 4.79 Å². The Labute approximate surface area is 105 Å². The summed E-state index contributed by atoms with van der Waals surface area (Å²) in [4.78, 5) is 13.8. The lowest BCUT2D eigenvalue weighted by atomic mass is 10.0. The van der Waals surface area contributed by atoms with E-state index in [-0.39, 0.29) is 6.09 Å². The molecular weight excluding hydrogens is 216 g/mol. The van der Waals surface area contributed by atoms with Gasteiger partial charge >= 0.3 is 6.09 Å². The van der Waals surface area contributed by atoms with Crippen molar-refractivity contribution in [1.82, 2.24) is 10.2 Å². The first kappa shape index (κ1) is 14.3. The summed E-state index contributed by atoms with van der Waals surface area (Å²) in [7, 11) is 2.16. The zero-order valence-corrected chi connectivity index (χ0v) is 11.6. The lowest BCUT2D eigenvalue weighted by Crippen LogP contribution is -2.40. The van der Waals surface area contributed by atoms with Gasteiger partial charge in [0.2, 0.25) is 0 Å². The number of nitrogens with zero attached hydrogens (tertiary/aromatic N) is 1. The van der Waals surface area contributed by atoms with Crippen LogP contribution in [0.2, 0.25) is 0 Å². The summed E-state index contributed by atoms with van der Waals surface area (Å²) >= 11 is 0. The van der Waals surface area contributed by atoms with Crippen molar-refractivity contribution in [2.45, 2.75) is 58.1 Å². The summed E-state index contributed by atoms with van der Waals surface area (Å²) in [6.45, 7) is 7.51. The van der Waals surface area contributed by atoms with Crippen molar-refractivity contribution >= 4 is 6.09 Å². The molecule has 1 fully saturated rings. The molecule has 0 saturated carbocycles. The highest BCUT2D eigenvalue weighted by Gasteiger charge is 2.19. The molecule has 100 valence electrons. The van der Waals surface area contributed by atoms with Gasteiger partial charge in [-0.2, -0.15) is 0 Å². The molecule has 0 radical (unpaired) electrons. The van der Waals surface area contributed by atoms with Crippen LogP contribution in [-0.4, -0.2) is 42.8 Å². The number of ether oxygens (including phenoxy) is 1. The quantitative estimate of drug-likeness (QED) is 0.826. The van der Waals surface area contributed by atoms with Crippen LogP contribution in [0.5, 0.6) is 0 Å². The number of carbonyl (C=O) groups is 1. The summed E-state index contributed by atoms with van der Waals surface area (Å²) in [5.74, 6) is 0. The highest BCUT2D eigenvalue weighted by molar-refractivity contribution is 5.67. The molecule has 4 heteroatoms. The van der Waals surface area contributed by atoms with Gasteiger partial charge in [0.25, 0.3) is 0 Å². The van der Waals surface area contributed by atoms with E-state index in [0.29, 0.717) is 12.6 Å². The highest BCUT2D eigenvalue weighted by Crippen LogP contribution is 2.17. The number of carbonyl (C=O) groups excluding carboxylic acids is 1. The van der Waals surface area contributed by atoms with E-state index in [1.165, 1.54) is 25.8 Å². The summed E-state index contributed by atoms with van der Waals surface area (Å²) in [6.07, 6.45) is 4.55. The monoisotopic (exact) mass is 242 g/mol. The molecule has 1 aliphatic heterocycles. The van der Waals surface area contributed by atoms with Crippen molar-refractivity contribution in [3.05, 3.63) is 0 Å². The maximum Gasteiger partial charge on any atom is 0.407 e. The molecule has 0 aromatic heterocycles. The van der Waals surface area contributed by atoms with Crippen molar-refractivity contribution in [2.24, 2.45) is 0 Å². The molecule has 0 aliphatic carbocycles. The highest BCUT2D eigenvalue weighted by atomic mass is 16.6. The molecule has 0 spiro atoms. The average molecular weight is 242 g/mol. The van der Waals surface area contributed by atoms with Gasteiger partial charge < -0.3 is 15.0 Å². The van der Waals surface area contributed by atoms with E-state index in [2.05, 4.69) is 17.3 Å². The first-order valence-corrected chi connectivity index (χ1v) is 6.55. The minimum Gasteiger partial charge on any atom is -0.444 e. The fourth-order valence-electron chi connectivity index (χ4n) is 2.16. The van der Waals surface area contributed by atoms with Gasteiger partial charge in [-0.05, 0) is 53.6 Å². The van der Waals surface area contributed by atoms with E-state index >= 15 is 0 Å². The van der Waals surface area contributed by atoms with Gasteiger partial charge in [-0.15, -0.1) is 0 Å². The van der Waals surface area contributed by atoms with Gasteiger partial charge in [0, 0.05) is 12.6 Å². The molecule has 1 heterocycles. The van der Waals surface area contributed by atoms with Crippen LogP contribution in [0.3, 0.4) is 0 Å². The number of alkyl carbamates (subject to hydrolysis) is 1. The van der Waals surface area contributed by atoms with Crippen LogP contribution in [-0.2, 0) is 4.74 Å². The van der Waals surface area contributed by atoms with Crippen LogP contribution < -0.4 is 5.32 Å². The molecule has 1 amide bonds. The van der Waals surface area contributed by atoms with Crippen molar-refractivity contribution in [3.63, 3.8) is 0 Å². The number of hydrogen-bond acceptors (Lipinski definition) is 3. The summed E-state index contributed by atoms with van der Waals surface area (Å²) in [5, 5.41) is 2.82. The number of hydrogen-bond donors (Lipinski definition) is 1. The largest absolute Gasteiger partial charge is 0.444 e. The SMILES string of the molecule is CN1CCCCC1CCNC(=O)OC(C)(C)C.